The summed E-state index contributed by atoms with van der Waals surface area (Å²) in [6.45, 7) is 1.41. The molecule has 0 amide bonds. The van der Waals surface area contributed by atoms with Crippen LogP contribution in [0.15, 0.2) is 48.5 Å². The predicted molar refractivity (Wildman–Crippen MR) is 77.4 cm³/mol. The van der Waals surface area contributed by atoms with Crippen LogP contribution < -0.4 is 10.1 Å². The highest BCUT2D eigenvalue weighted by atomic mass is 16.5. The lowest BCUT2D eigenvalue weighted by molar-refractivity contribution is 0.414. The van der Waals surface area contributed by atoms with Gasteiger partial charge in [0.25, 0.3) is 0 Å². The number of benzene rings is 2. The first-order chi connectivity index (χ1) is 9.86. The monoisotopic (exact) mass is 268 g/mol. The molecule has 0 bridgehead atoms. The molecule has 0 aliphatic rings. The van der Waals surface area contributed by atoms with Gasteiger partial charge in [0.2, 0.25) is 0 Å². The fourth-order valence-corrected chi connectivity index (χ4v) is 2.08. The van der Waals surface area contributed by atoms with Crippen molar-refractivity contribution in [1.29, 1.82) is 0 Å². The molecule has 3 rings (SSSR count). The Morgan fingerprint density at radius 1 is 1.10 bits per heavy atom. The zero-order valence-electron chi connectivity index (χ0n) is 11.3. The van der Waals surface area contributed by atoms with Gasteiger partial charge in [-0.05, 0) is 29.8 Å². The Labute approximate surface area is 117 Å². The quantitative estimate of drug-likeness (QED) is 0.770. The number of methoxy groups -OCH3 is 1. The van der Waals surface area contributed by atoms with Crippen molar-refractivity contribution in [2.75, 3.05) is 7.11 Å². The minimum absolute atomic E-state index is 0.631. The van der Waals surface area contributed by atoms with Gasteiger partial charge >= 0.3 is 0 Å². The van der Waals surface area contributed by atoms with Crippen molar-refractivity contribution in [3.63, 3.8) is 0 Å². The first kappa shape index (κ1) is 12.6. The molecule has 5 heteroatoms. The lowest BCUT2D eigenvalue weighted by atomic mass is 10.2. The van der Waals surface area contributed by atoms with E-state index in [4.69, 9.17) is 4.74 Å². The molecule has 5 nitrogen and oxygen atoms in total. The van der Waals surface area contributed by atoms with Crippen LogP contribution in [0.5, 0.6) is 5.75 Å². The van der Waals surface area contributed by atoms with E-state index in [0.29, 0.717) is 6.67 Å². The van der Waals surface area contributed by atoms with Crippen LogP contribution in [-0.2, 0) is 13.2 Å². The second-order valence-electron chi connectivity index (χ2n) is 4.51. The molecule has 0 aliphatic carbocycles. The summed E-state index contributed by atoms with van der Waals surface area (Å²) in [6.07, 6.45) is 0. The molecule has 0 aliphatic heterocycles. The standard InChI is InChI=1S/C15H16N4O/c1-20-13-8-6-12(7-9-13)10-16-11-19-15-5-3-2-4-14(15)17-18-19/h2-9,16H,10-11H2,1H3. The van der Waals surface area contributed by atoms with Crippen molar-refractivity contribution in [2.45, 2.75) is 13.2 Å². The van der Waals surface area contributed by atoms with E-state index in [9.17, 15) is 0 Å². The van der Waals surface area contributed by atoms with Crippen molar-refractivity contribution < 1.29 is 4.74 Å². The van der Waals surface area contributed by atoms with Gasteiger partial charge < -0.3 is 4.74 Å². The average molecular weight is 268 g/mol. The number of aromatic nitrogens is 3. The van der Waals surface area contributed by atoms with Crippen LogP contribution >= 0.6 is 0 Å². The van der Waals surface area contributed by atoms with E-state index in [1.807, 2.05) is 53.2 Å². The lowest BCUT2D eigenvalue weighted by Crippen LogP contribution is -2.18. The molecule has 0 fully saturated rings. The molecule has 0 atom stereocenters. The van der Waals surface area contributed by atoms with Crippen molar-refractivity contribution in [3.8, 4) is 5.75 Å². The Kier molecular flexibility index (Phi) is 3.60. The van der Waals surface area contributed by atoms with Crippen LogP contribution in [0.4, 0.5) is 0 Å². The molecule has 102 valence electrons. The largest absolute Gasteiger partial charge is 0.497 e. The third-order valence-electron chi connectivity index (χ3n) is 3.17. The number of para-hydroxylation sites is 1. The molecular formula is C15H16N4O. The van der Waals surface area contributed by atoms with Gasteiger partial charge in [0.05, 0.1) is 19.3 Å². The maximum Gasteiger partial charge on any atom is 0.118 e. The number of ether oxygens (including phenoxy) is 1. The maximum absolute atomic E-state index is 5.14. The number of fused-ring (bicyclic) bond motifs is 1. The first-order valence-corrected chi connectivity index (χ1v) is 6.49. The molecule has 3 aromatic rings. The molecule has 1 aromatic heterocycles. The third-order valence-corrected chi connectivity index (χ3v) is 3.17. The molecule has 0 unspecified atom stereocenters. The van der Waals surface area contributed by atoms with Crippen LogP contribution in [0.1, 0.15) is 5.56 Å². The van der Waals surface area contributed by atoms with E-state index in [2.05, 4.69) is 15.6 Å². The minimum Gasteiger partial charge on any atom is -0.497 e. The van der Waals surface area contributed by atoms with Gasteiger partial charge in [-0.1, -0.05) is 29.5 Å². The van der Waals surface area contributed by atoms with Crippen molar-refractivity contribution in [3.05, 3.63) is 54.1 Å². The van der Waals surface area contributed by atoms with Gasteiger partial charge in [-0.15, -0.1) is 5.10 Å². The summed E-state index contributed by atoms with van der Waals surface area (Å²) in [5.74, 6) is 0.871. The number of nitrogens with one attached hydrogen (secondary N) is 1. The second-order valence-corrected chi connectivity index (χ2v) is 4.51. The first-order valence-electron chi connectivity index (χ1n) is 6.49. The highest BCUT2D eigenvalue weighted by Gasteiger charge is 2.02. The number of hydrogen-bond donors (Lipinski definition) is 1. The molecule has 0 spiro atoms. The summed E-state index contributed by atoms with van der Waals surface area (Å²) in [7, 11) is 1.67. The molecule has 1 N–H and O–H groups in total. The van der Waals surface area contributed by atoms with E-state index < -0.39 is 0 Å². The summed E-state index contributed by atoms with van der Waals surface area (Å²) >= 11 is 0. The Hall–Kier alpha value is -2.40. The summed E-state index contributed by atoms with van der Waals surface area (Å²) in [6, 6.07) is 15.9. The van der Waals surface area contributed by atoms with Crippen LogP contribution in [0.3, 0.4) is 0 Å². The van der Waals surface area contributed by atoms with E-state index in [1.54, 1.807) is 7.11 Å². The topological polar surface area (TPSA) is 52.0 Å². The normalized spacial score (nSPS) is 10.8. The van der Waals surface area contributed by atoms with Gasteiger partial charge in [0.1, 0.15) is 11.3 Å². The summed E-state index contributed by atoms with van der Waals surface area (Å²) < 4.78 is 7.00. The molecule has 20 heavy (non-hydrogen) atoms. The second kappa shape index (κ2) is 5.71. The lowest BCUT2D eigenvalue weighted by Gasteiger charge is -2.06. The van der Waals surface area contributed by atoms with Crippen molar-refractivity contribution in [2.24, 2.45) is 0 Å². The third kappa shape index (κ3) is 2.62. The minimum atomic E-state index is 0.631. The SMILES string of the molecule is COc1ccc(CNCn2nnc3ccccc32)cc1. The number of nitrogens with zero attached hydrogens (tertiary/aromatic N) is 3. The number of rotatable bonds is 5. The van der Waals surface area contributed by atoms with E-state index >= 15 is 0 Å². The van der Waals surface area contributed by atoms with Crippen LogP contribution in [0.25, 0.3) is 11.0 Å². The van der Waals surface area contributed by atoms with E-state index in [1.165, 1.54) is 5.56 Å². The molecule has 0 saturated heterocycles. The van der Waals surface area contributed by atoms with Gasteiger partial charge in [-0.25, -0.2) is 4.68 Å². The van der Waals surface area contributed by atoms with Crippen LogP contribution in [-0.4, -0.2) is 22.1 Å². The highest BCUT2D eigenvalue weighted by molar-refractivity contribution is 5.73. The van der Waals surface area contributed by atoms with Crippen molar-refractivity contribution in [1.82, 2.24) is 20.3 Å². The van der Waals surface area contributed by atoms with Gasteiger partial charge in [-0.2, -0.15) is 0 Å². The Morgan fingerprint density at radius 3 is 2.70 bits per heavy atom. The van der Waals surface area contributed by atoms with E-state index in [0.717, 1.165) is 23.3 Å². The Balaban J connectivity index is 1.62. The maximum atomic E-state index is 5.14. The fraction of sp³-hybridized carbons (Fsp3) is 0.200. The predicted octanol–water partition coefficient (Wildman–Crippen LogP) is 2.19. The molecule has 1 heterocycles. The molecule has 0 radical (unpaired) electrons. The van der Waals surface area contributed by atoms with Gasteiger partial charge in [0, 0.05) is 6.54 Å². The van der Waals surface area contributed by atoms with Crippen LogP contribution in [0, 0.1) is 0 Å². The summed E-state index contributed by atoms with van der Waals surface area (Å²) in [5, 5.41) is 11.6. The zero-order valence-corrected chi connectivity index (χ0v) is 11.3. The van der Waals surface area contributed by atoms with E-state index in [-0.39, 0.29) is 0 Å². The molecule has 2 aromatic carbocycles. The smallest absolute Gasteiger partial charge is 0.118 e. The van der Waals surface area contributed by atoms with Crippen LogP contribution in [0.2, 0.25) is 0 Å². The van der Waals surface area contributed by atoms with Gasteiger partial charge in [-0.3, -0.25) is 5.32 Å². The number of hydrogen-bond acceptors (Lipinski definition) is 4. The Morgan fingerprint density at radius 2 is 1.90 bits per heavy atom. The molecule has 0 saturated carbocycles. The highest BCUT2D eigenvalue weighted by Crippen LogP contribution is 2.11. The summed E-state index contributed by atoms with van der Waals surface area (Å²) in [4.78, 5) is 0. The molecular weight excluding hydrogens is 252 g/mol. The van der Waals surface area contributed by atoms with Crippen molar-refractivity contribution >= 4 is 11.0 Å². The summed E-state index contributed by atoms with van der Waals surface area (Å²) in [5.41, 5.74) is 3.16. The average Bonchev–Trinajstić information content (AvgIpc) is 2.92. The zero-order chi connectivity index (χ0) is 13.8. The Bertz CT molecular complexity index is 690. The fourth-order valence-electron chi connectivity index (χ4n) is 2.08. The van der Waals surface area contributed by atoms with Gasteiger partial charge in [0.15, 0.2) is 0 Å².